The van der Waals surface area contributed by atoms with Crippen molar-refractivity contribution in [1.29, 1.82) is 0 Å². The van der Waals surface area contributed by atoms with Gasteiger partial charge in [0.1, 0.15) is 5.75 Å². The van der Waals surface area contributed by atoms with Crippen LogP contribution in [0.5, 0.6) is 5.75 Å². The normalized spacial score (nSPS) is 10.6. The Morgan fingerprint density at radius 3 is 2.11 bits per heavy atom. The SMILES string of the molecule is CC=CCCCc1ccc(C#Cc2ccc(OCCCCCC)cc2)cc1. The van der Waals surface area contributed by atoms with E-state index in [1.54, 1.807) is 0 Å². The molecule has 1 nitrogen and oxygen atoms in total. The molecule has 0 aromatic heterocycles. The van der Waals surface area contributed by atoms with Gasteiger partial charge in [0.15, 0.2) is 0 Å². The minimum absolute atomic E-state index is 0.798. The predicted octanol–water partition coefficient (Wildman–Crippen LogP) is 6.94. The second-order valence-corrected chi connectivity index (χ2v) is 6.84. The first-order valence-corrected chi connectivity index (χ1v) is 10.3. The summed E-state index contributed by atoms with van der Waals surface area (Å²) in [5.74, 6) is 7.42. The monoisotopic (exact) mass is 360 g/mol. The van der Waals surface area contributed by atoms with Gasteiger partial charge in [-0.25, -0.2) is 0 Å². The third kappa shape index (κ3) is 8.65. The fraction of sp³-hybridized carbons (Fsp3) is 0.385. The predicted molar refractivity (Wildman–Crippen MR) is 116 cm³/mol. The summed E-state index contributed by atoms with van der Waals surface area (Å²) in [5.41, 5.74) is 3.46. The highest BCUT2D eigenvalue weighted by molar-refractivity contribution is 5.44. The maximum Gasteiger partial charge on any atom is 0.119 e. The molecule has 0 bridgehead atoms. The highest BCUT2D eigenvalue weighted by Gasteiger charge is 1.95. The van der Waals surface area contributed by atoms with Crippen molar-refractivity contribution < 1.29 is 4.74 Å². The third-order valence-electron chi connectivity index (χ3n) is 4.50. The van der Waals surface area contributed by atoms with Crippen LogP contribution in [0, 0.1) is 11.8 Å². The van der Waals surface area contributed by atoms with Crippen LogP contribution in [0.25, 0.3) is 0 Å². The molecule has 0 fully saturated rings. The van der Waals surface area contributed by atoms with E-state index in [2.05, 4.69) is 62.1 Å². The molecule has 0 aliphatic rings. The molecule has 0 atom stereocenters. The summed E-state index contributed by atoms with van der Waals surface area (Å²) in [4.78, 5) is 0. The molecule has 0 radical (unpaired) electrons. The molecular weight excluding hydrogens is 328 g/mol. The number of aryl methyl sites for hydroxylation is 1. The number of hydrogen-bond acceptors (Lipinski definition) is 1. The summed E-state index contributed by atoms with van der Waals surface area (Å²) < 4.78 is 5.78. The lowest BCUT2D eigenvalue weighted by Gasteiger charge is -2.05. The molecule has 0 aliphatic carbocycles. The summed E-state index contributed by atoms with van der Waals surface area (Å²) in [7, 11) is 0. The molecule has 2 rings (SSSR count). The van der Waals surface area contributed by atoms with Crippen molar-refractivity contribution in [3.63, 3.8) is 0 Å². The summed E-state index contributed by atoms with van der Waals surface area (Å²) in [6, 6.07) is 16.7. The number of unbranched alkanes of at least 4 members (excludes halogenated alkanes) is 4. The zero-order chi connectivity index (χ0) is 19.2. The Morgan fingerprint density at radius 2 is 1.48 bits per heavy atom. The van der Waals surface area contributed by atoms with Crippen LogP contribution in [0.1, 0.15) is 69.1 Å². The lowest BCUT2D eigenvalue weighted by atomic mass is 10.1. The minimum atomic E-state index is 0.798. The number of hydrogen-bond donors (Lipinski definition) is 0. The van der Waals surface area contributed by atoms with E-state index in [4.69, 9.17) is 4.74 Å². The Morgan fingerprint density at radius 1 is 0.815 bits per heavy atom. The van der Waals surface area contributed by atoms with E-state index in [0.717, 1.165) is 42.7 Å². The van der Waals surface area contributed by atoms with Crippen LogP contribution in [-0.4, -0.2) is 6.61 Å². The third-order valence-corrected chi connectivity index (χ3v) is 4.50. The second kappa shape index (κ2) is 12.8. The first kappa shape index (κ1) is 20.8. The number of benzene rings is 2. The lowest BCUT2D eigenvalue weighted by Crippen LogP contribution is -1.96. The van der Waals surface area contributed by atoms with E-state index in [9.17, 15) is 0 Å². The first-order chi connectivity index (χ1) is 13.3. The minimum Gasteiger partial charge on any atom is -0.494 e. The quantitative estimate of drug-likeness (QED) is 0.253. The molecule has 0 amide bonds. The van der Waals surface area contributed by atoms with Crippen LogP contribution in [0.3, 0.4) is 0 Å². The smallest absolute Gasteiger partial charge is 0.119 e. The highest BCUT2D eigenvalue weighted by atomic mass is 16.5. The topological polar surface area (TPSA) is 9.23 Å². The molecule has 142 valence electrons. The van der Waals surface area contributed by atoms with E-state index in [1.165, 1.54) is 31.2 Å². The largest absolute Gasteiger partial charge is 0.494 e. The van der Waals surface area contributed by atoms with Gasteiger partial charge in [-0.2, -0.15) is 0 Å². The zero-order valence-corrected chi connectivity index (χ0v) is 16.8. The Hall–Kier alpha value is -2.46. The van der Waals surface area contributed by atoms with Crippen molar-refractivity contribution in [3.8, 4) is 17.6 Å². The van der Waals surface area contributed by atoms with Crippen LogP contribution in [0.2, 0.25) is 0 Å². The Balaban J connectivity index is 1.80. The number of ether oxygens (including phenoxy) is 1. The maximum atomic E-state index is 5.78. The molecule has 0 N–H and O–H groups in total. The molecule has 2 aromatic carbocycles. The second-order valence-electron chi connectivity index (χ2n) is 6.84. The highest BCUT2D eigenvalue weighted by Crippen LogP contribution is 2.13. The fourth-order valence-electron chi connectivity index (χ4n) is 2.84. The van der Waals surface area contributed by atoms with Gasteiger partial charge >= 0.3 is 0 Å². The van der Waals surface area contributed by atoms with Crippen molar-refractivity contribution in [2.24, 2.45) is 0 Å². The van der Waals surface area contributed by atoms with E-state index in [1.807, 2.05) is 24.3 Å². The molecule has 0 spiro atoms. The van der Waals surface area contributed by atoms with Crippen molar-refractivity contribution in [2.45, 2.75) is 58.8 Å². The van der Waals surface area contributed by atoms with Gasteiger partial charge in [-0.05, 0) is 74.6 Å². The van der Waals surface area contributed by atoms with E-state index < -0.39 is 0 Å². The molecule has 27 heavy (non-hydrogen) atoms. The van der Waals surface area contributed by atoms with Gasteiger partial charge in [-0.3, -0.25) is 0 Å². The zero-order valence-electron chi connectivity index (χ0n) is 16.8. The lowest BCUT2D eigenvalue weighted by molar-refractivity contribution is 0.305. The Bertz CT molecular complexity index is 727. The van der Waals surface area contributed by atoms with Gasteiger partial charge in [0.25, 0.3) is 0 Å². The summed E-state index contributed by atoms with van der Waals surface area (Å²) in [6.07, 6.45) is 12.7. The summed E-state index contributed by atoms with van der Waals surface area (Å²) in [6.45, 7) is 5.09. The van der Waals surface area contributed by atoms with E-state index >= 15 is 0 Å². The van der Waals surface area contributed by atoms with Crippen LogP contribution in [-0.2, 0) is 6.42 Å². The molecular formula is C26H32O. The molecule has 0 aliphatic heterocycles. The van der Waals surface area contributed by atoms with Gasteiger partial charge < -0.3 is 4.74 Å². The van der Waals surface area contributed by atoms with Crippen LogP contribution >= 0.6 is 0 Å². The van der Waals surface area contributed by atoms with Crippen LogP contribution < -0.4 is 4.74 Å². The maximum absolute atomic E-state index is 5.78. The number of rotatable bonds is 10. The van der Waals surface area contributed by atoms with E-state index in [0.29, 0.717) is 0 Å². The summed E-state index contributed by atoms with van der Waals surface area (Å²) >= 11 is 0. The average molecular weight is 361 g/mol. The molecule has 0 saturated carbocycles. The van der Waals surface area contributed by atoms with Crippen LogP contribution in [0.4, 0.5) is 0 Å². The van der Waals surface area contributed by atoms with Crippen LogP contribution in [0.15, 0.2) is 60.7 Å². The fourth-order valence-corrected chi connectivity index (χ4v) is 2.84. The van der Waals surface area contributed by atoms with Gasteiger partial charge in [-0.15, -0.1) is 0 Å². The van der Waals surface area contributed by atoms with Gasteiger partial charge in [0, 0.05) is 11.1 Å². The molecule has 1 heteroatoms. The molecule has 0 heterocycles. The van der Waals surface area contributed by atoms with Crippen molar-refractivity contribution >= 4 is 0 Å². The number of allylic oxidation sites excluding steroid dienone is 2. The molecule has 2 aromatic rings. The van der Waals surface area contributed by atoms with Gasteiger partial charge in [-0.1, -0.05) is 62.3 Å². The Kier molecular flexibility index (Phi) is 9.90. The first-order valence-electron chi connectivity index (χ1n) is 10.3. The van der Waals surface area contributed by atoms with Crippen molar-refractivity contribution in [3.05, 3.63) is 77.4 Å². The molecule has 0 unspecified atom stereocenters. The Labute approximate surface area is 165 Å². The van der Waals surface area contributed by atoms with Gasteiger partial charge in [0.2, 0.25) is 0 Å². The average Bonchev–Trinajstić information content (AvgIpc) is 2.71. The molecule has 0 saturated heterocycles. The van der Waals surface area contributed by atoms with Crippen molar-refractivity contribution in [2.75, 3.05) is 6.61 Å². The van der Waals surface area contributed by atoms with Crippen molar-refractivity contribution in [1.82, 2.24) is 0 Å². The summed E-state index contributed by atoms with van der Waals surface area (Å²) in [5, 5.41) is 0. The standard InChI is InChI=1S/C26H32O/c1-3-5-7-9-11-23-12-14-24(15-13-23)16-17-25-18-20-26(21-19-25)27-22-10-8-6-4-2/h3,5,12-15,18-21H,4,6-11,22H2,1-2H3. The van der Waals surface area contributed by atoms with Gasteiger partial charge in [0.05, 0.1) is 6.61 Å². The van der Waals surface area contributed by atoms with E-state index in [-0.39, 0.29) is 0 Å².